The molecule has 2 N–H and O–H groups in total. The molecule has 0 atom stereocenters. The minimum Gasteiger partial charge on any atom is -0.369 e. The molecule has 4 heterocycles. The van der Waals surface area contributed by atoms with Crippen LogP contribution in [0.4, 0.5) is 17.3 Å². The minimum atomic E-state index is -0.601. The summed E-state index contributed by atoms with van der Waals surface area (Å²) in [6, 6.07) is 9.67. The smallest absolute Gasteiger partial charge is 0.335 e. The molecule has 0 amide bonds. The topological polar surface area (TPSA) is 112 Å². The Morgan fingerprint density at radius 2 is 1.79 bits per heavy atom. The van der Waals surface area contributed by atoms with Crippen LogP contribution >= 0.6 is 0 Å². The van der Waals surface area contributed by atoms with Gasteiger partial charge >= 0.3 is 5.69 Å². The van der Waals surface area contributed by atoms with Gasteiger partial charge in [0.2, 0.25) is 5.95 Å². The molecule has 0 spiro atoms. The van der Waals surface area contributed by atoms with Crippen LogP contribution in [-0.4, -0.2) is 62.6 Å². The quantitative estimate of drug-likeness (QED) is 0.478. The Labute approximate surface area is 195 Å². The molecule has 3 aromatic heterocycles. The average molecular weight is 459 g/mol. The SMILES string of the molecule is Cc1cc(Nc2ncc3c(=O)n(-c4ncccc4C)c(=O)[nH]c3n2)ccc1N1CCN(C)CC1. The van der Waals surface area contributed by atoms with E-state index >= 15 is 0 Å². The number of nitrogens with zero attached hydrogens (tertiary/aromatic N) is 6. The highest BCUT2D eigenvalue weighted by atomic mass is 16.2. The summed E-state index contributed by atoms with van der Waals surface area (Å²) in [5, 5.41) is 3.38. The van der Waals surface area contributed by atoms with Crippen LogP contribution < -0.4 is 21.5 Å². The molecule has 0 saturated carbocycles. The molecule has 34 heavy (non-hydrogen) atoms. The van der Waals surface area contributed by atoms with Gasteiger partial charge in [0.15, 0.2) is 5.65 Å². The van der Waals surface area contributed by atoms with E-state index in [4.69, 9.17) is 0 Å². The summed E-state index contributed by atoms with van der Waals surface area (Å²) in [6.07, 6.45) is 2.96. The van der Waals surface area contributed by atoms with Gasteiger partial charge in [0.1, 0.15) is 11.2 Å². The fraction of sp³-hybridized carbons (Fsp3) is 0.292. The highest BCUT2D eigenvalue weighted by Gasteiger charge is 2.17. The molecule has 1 fully saturated rings. The summed E-state index contributed by atoms with van der Waals surface area (Å²) in [5.41, 5.74) is 2.96. The van der Waals surface area contributed by atoms with Crippen LogP contribution in [0.1, 0.15) is 11.1 Å². The van der Waals surface area contributed by atoms with Crippen molar-refractivity contribution in [3.05, 3.63) is 74.7 Å². The molecule has 4 aromatic rings. The van der Waals surface area contributed by atoms with Crippen LogP contribution in [0.5, 0.6) is 0 Å². The lowest BCUT2D eigenvalue weighted by molar-refractivity contribution is 0.312. The molecule has 0 unspecified atom stereocenters. The largest absolute Gasteiger partial charge is 0.369 e. The van der Waals surface area contributed by atoms with Crippen LogP contribution in [-0.2, 0) is 0 Å². The van der Waals surface area contributed by atoms with Gasteiger partial charge in [-0.3, -0.25) is 9.78 Å². The molecule has 10 heteroatoms. The van der Waals surface area contributed by atoms with E-state index in [0.717, 1.165) is 42.0 Å². The first kappa shape index (κ1) is 21.8. The predicted molar refractivity (Wildman–Crippen MR) is 132 cm³/mol. The van der Waals surface area contributed by atoms with E-state index in [1.54, 1.807) is 25.3 Å². The molecule has 1 saturated heterocycles. The Hall–Kier alpha value is -4.05. The monoisotopic (exact) mass is 458 g/mol. The normalized spacial score (nSPS) is 14.5. The maximum absolute atomic E-state index is 13.0. The average Bonchev–Trinajstić information content (AvgIpc) is 2.81. The second kappa shape index (κ2) is 8.71. The molecule has 1 aromatic carbocycles. The third kappa shape index (κ3) is 4.03. The zero-order valence-electron chi connectivity index (χ0n) is 19.4. The van der Waals surface area contributed by atoms with E-state index in [2.05, 4.69) is 55.1 Å². The molecule has 0 bridgehead atoms. The summed E-state index contributed by atoms with van der Waals surface area (Å²) in [4.78, 5) is 46.0. The van der Waals surface area contributed by atoms with Crippen LogP contribution in [0, 0.1) is 13.8 Å². The van der Waals surface area contributed by atoms with Crippen molar-refractivity contribution in [3.8, 4) is 5.82 Å². The number of pyridine rings is 1. The lowest BCUT2D eigenvalue weighted by atomic mass is 10.1. The number of fused-ring (bicyclic) bond motifs is 1. The van der Waals surface area contributed by atoms with Gasteiger partial charge in [0, 0.05) is 49.9 Å². The fourth-order valence-electron chi connectivity index (χ4n) is 4.23. The zero-order chi connectivity index (χ0) is 23.8. The Morgan fingerprint density at radius 3 is 2.53 bits per heavy atom. The molecule has 0 aliphatic carbocycles. The highest BCUT2D eigenvalue weighted by Crippen LogP contribution is 2.26. The first-order valence-corrected chi connectivity index (χ1v) is 11.2. The van der Waals surface area contributed by atoms with Gasteiger partial charge in [-0.2, -0.15) is 4.98 Å². The lowest BCUT2D eigenvalue weighted by Gasteiger charge is -2.35. The van der Waals surface area contributed by atoms with Crippen LogP contribution in [0.2, 0.25) is 0 Å². The van der Waals surface area contributed by atoms with Crippen LogP contribution in [0.15, 0.2) is 52.3 Å². The van der Waals surface area contributed by atoms with Crippen molar-refractivity contribution < 1.29 is 0 Å². The van der Waals surface area contributed by atoms with E-state index in [1.807, 2.05) is 12.1 Å². The number of anilines is 3. The van der Waals surface area contributed by atoms with Gasteiger partial charge in [-0.1, -0.05) is 6.07 Å². The number of aromatic nitrogens is 5. The van der Waals surface area contributed by atoms with Crippen molar-refractivity contribution >= 4 is 28.4 Å². The van der Waals surface area contributed by atoms with Gasteiger partial charge in [-0.05, 0) is 56.3 Å². The second-order valence-electron chi connectivity index (χ2n) is 8.59. The summed E-state index contributed by atoms with van der Waals surface area (Å²) >= 11 is 0. The summed E-state index contributed by atoms with van der Waals surface area (Å²) < 4.78 is 1.01. The molecule has 174 valence electrons. The maximum Gasteiger partial charge on any atom is 0.335 e. The van der Waals surface area contributed by atoms with Crippen molar-refractivity contribution in [2.45, 2.75) is 13.8 Å². The number of hydrogen-bond acceptors (Lipinski definition) is 8. The number of aromatic amines is 1. The second-order valence-corrected chi connectivity index (χ2v) is 8.59. The van der Waals surface area contributed by atoms with Crippen molar-refractivity contribution in [3.63, 3.8) is 0 Å². The lowest BCUT2D eigenvalue weighted by Crippen LogP contribution is -2.44. The number of nitrogens with one attached hydrogen (secondary N) is 2. The first-order chi connectivity index (χ1) is 16.4. The predicted octanol–water partition coefficient (Wildman–Crippen LogP) is 1.98. The van der Waals surface area contributed by atoms with E-state index < -0.39 is 11.2 Å². The Morgan fingerprint density at radius 1 is 1.00 bits per heavy atom. The van der Waals surface area contributed by atoms with Crippen LogP contribution in [0.3, 0.4) is 0 Å². The Balaban J connectivity index is 1.44. The van der Waals surface area contributed by atoms with Gasteiger partial charge in [-0.15, -0.1) is 0 Å². The minimum absolute atomic E-state index is 0.170. The fourth-order valence-corrected chi connectivity index (χ4v) is 4.23. The summed E-state index contributed by atoms with van der Waals surface area (Å²) in [5.74, 6) is 0.579. The molecular formula is C24H26N8O2. The third-order valence-corrected chi connectivity index (χ3v) is 6.14. The van der Waals surface area contributed by atoms with Gasteiger partial charge in [0.25, 0.3) is 5.56 Å². The van der Waals surface area contributed by atoms with Gasteiger partial charge in [-0.25, -0.2) is 19.3 Å². The number of aryl methyl sites for hydroxylation is 2. The van der Waals surface area contributed by atoms with Crippen molar-refractivity contribution in [2.24, 2.45) is 0 Å². The number of rotatable bonds is 4. The number of hydrogen-bond donors (Lipinski definition) is 2. The Bertz CT molecular complexity index is 1480. The van der Waals surface area contributed by atoms with E-state index in [9.17, 15) is 9.59 Å². The molecule has 1 aliphatic heterocycles. The maximum atomic E-state index is 13.0. The first-order valence-electron chi connectivity index (χ1n) is 11.2. The van der Waals surface area contributed by atoms with Crippen LogP contribution in [0.25, 0.3) is 16.9 Å². The number of H-pyrrole nitrogens is 1. The van der Waals surface area contributed by atoms with Crippen molar-refractivity contribution in [1.29, 1.82) is 0 Å². The number of piperazine rings is 1. The molecule has 10 nitrogen and oxygen atoms in total. The zero-order valence-corrected chi connectivity index (χ0v) is 19.4. The van der Waals surface area contributed by atoms with Crippen molar-refractivity contribution in [2.75, 3.05) is 43.4 Å². The number of benzene rings is 1. The highest BCUT2D eigenvalue weighted by molar-refractivity contribution is 5.74. The van der Waals surface area contributed by atoms with E-state index in [0.29, 0.717) is 11.5 Å². The third-order valence-electron chi connectivity index (χ3n) is 6.14. The summed E-state index contributed by atoms with van der Waals surface area (Å²) in [6.45, 7) is 7.97. The molecule has 1 aliphatic rings. The van der Waals surface area contributed by atoms with Crippen molar-refractivity contribution in [1.82, 2.24) is 29.4 Å². The summed E-state index contributed by atoms with van der Waals surface area (Å²) in [7, 11) is 2.14. The molecular weight excluding hydrogens is 432 g/mol. The molecule has 5 rings (SSSR count). The van der Waals surface area contributed by atoms with Gasteiger partial charge in [0.05, 0.1) is 0 Å². The standard InChI is InChI=1S/C24H26N8O2/c1-15-5-4-8-25-21(15)32-22(33)18-14-26-23(28-20(18)29-24(32)34)27-17-6-7-19(16(2)13-17)31-11-9-30(3)10-12-31/h4-8,13-14H,9-12H2,1-3H3,(H2,26,27,28,29,34). The molecule has 0 radical (unpaired) electrons. The van der Waals surface area contributed by atoms with E-state index in [-0.39, 0.29) is 16.9 Å². The Kier molecular flexibility index (Phi) is 5.58. The number of likely N-dealkylation sites (N-methyl/N-ethyl adjacent to an activating group) is 1. The van der Waals surface area contributed by atoms with Gasteiger partial charge < -0.3 is 15.1 Å². The van der Waals surface area contributed by atoms with E-state index in [1.165, 1.54) is 11.9 Å².